The van der Waals surface area contributed by atoms with E-state index >= 15 is 0 Å². The van der Waals surface area contributed by atoms with E-state index in [0.717, 1.165) is 6.07 Å². The zero-order valence-electron chi connectivity index (χ0n) is 8.57. The first-order chi connectivity index (χ1) is 7.35. The van der Waals surface area contributed by atoms with Crippen LogP contribution < -0.4 is 16.2 Å². The van der Waals surface area contributed by atoms with Crippen molar-refractivity contribution < 1.29 is 23.0 Å². The van der Waals surface area contributed by atoms with Gasteiger partial charge in [0, 0.05) is 18.2 Å². The minimum absolute atomic E-state index is 0. The average Bonchev–Trinajstić information content (AvgIpc) is 2.18. The Kier molecular flexibility index (Phi) is 5.53. The molecule has 0 heterocycles. The molecule has 5 N–H and O–H groups in total. The van der Waals surface area contributed by atoms with Crippen LogP contribution in [0, 0.1) is 0 Å². The molecule has 1 aromatic carbocycles. The van der Waals surface area contributed by atoms with Crippen molar-refractivity contribution in [1.82, 2.24) is 0 Å². The largest absolute Gasteiger partial charge is 0.573 e. The van der Waals surface area contributed by atoms with Gasteiger partial charge in [0.1, 0.15) is 0 Å². The van der Waals surface area contributed by atoms with Crippen LogP contribution in [-0.4, -0.2) is 18.0 Å². The highest BCUT2D eigenvalue weighted by atomic mass is 35.5. The average molecular weight is 273 g/mol. The van der Waals surface area contributed by atoms with Crippen molar-refractivity contribution in [2.24, 2.45) is 11.5 Å². The molecule has 0 aliphatic heterocycles. The van der Waals surface area contributed by atoms with E-state index in [9.17, 15) is 18.3 Å². The van der Waals surface area contributed by atoms with E-state index in [1.165, 1.54) is 12.1 Å². The van der Waals surface area contributed by atoms with Gasteiger partial charge in [0.2, 0.25) is 0 Å². The summed E-state index contributed by atoms with van der Waals surface area (Å²) < 4.78 is 39.5. The lowest BCUT2D eigenvalue weighted by Crippen LogP contribution is -2.22. The van der Waals surface area contributed by atoms with Crippen LogP contribution in [0.4, 0.5) is 13.2 Å². The molecule has 0 aromatic heterocycles. The van der Waals surface area contributed by atoms with Gasteiger partial charge in [0.05, 0.1) is 0 Å². The number of para-hydroxylation sites is 1. The van der Waals surface area contributed by atoms with Crippen LogP contribution in [0.25, 0.3) is 0 Å². The monoisotopic (exact) mass is 272 g/mol. The molecular weight excluding hydrogens is 261 g/mol. The summed E-state index contributed by atoms with van der Waals surface area (Å²) in [5.41, 5.74) is 10.9. The highest BCUT2D eigenvalue weighted by molar-refractivity contribution is 5.85. The second-order valence-electron chi connectivity index (χ2n) is 3.08. The van der Waals surface area contributed by atoms with Crippen LogP contribution in [-0.2, 0) is 0 Å². The molecule has 0 bridgehead atoms. The van der Waals surface area contributed by atoms with Crippen molar-refractivity contribution >= 4 is 12.4 Å². The highest BCUT2D eigenvalue weighted by Crippen LogP contribution is 2.35. The van der Waals surface area contributed by atoms with Crippen molar-refractivity contribution in [2.45, 2.75) is 12.4 Å². The summed E-state index contributed by atoms with van der Waals surface area (Å²) in [6.45, 7) is 0.00301. The van der Waals surface area contributed by atoms with Gasteiger partial charge in [-0.2, -0.15) is 0 Å². The van der Waals surface area contributed by atoms with Gasteiger partial charge in [0.25, 0.3) is 0 Å². The number of phenolic OH excluding ortho intramolecular Hbond substituents is 1. The summed E-state index contributed by atoms with van der Waals surface area (Å²) in [6, 6.07) is 2.94. The summed E-state index contributed by atoms with van der Waals surface area (Å²) in [5.74, 6) is -1.33. The Morgan fingerprint density at radius 3 is 2.41 bits per heavy atom. The number of phenols is 1. The molecular formula is C9H12ClF3N2O2. The van der Waals surface area contributed by atoms with Crippen molar-refractivity contribution in [1.29, 1.82) is 0 Å². The minimum Gasteiger partial charge on any atom is -0.504 e. The SMILES string of the molecule is Cl.NC[C@@H](N)c1cccc(OC(F)(F)F)c1O. The van der Waals surface area contributed by atoms with Crippen LogP contribution in [0.2, 0.25) is 0 Å². The summed E-state index contributed by atoms with van der Waals surface area (Å²) in [4.78, 5) is 0. The number of nitrogens with two attached hydrogens (primary N) is 2. The van der Waals surface area contributed by atoms with Gasteiger partial charge >= 0.3 is 6.36 Å². The molecule has 0 saturated carbocycles. The maximum absolute atomic E-state index is 11.9. The van der Waals surface area contributed by atoms with E-state index < -0.39 is 23.9 Å². The predicted octanol–water partition coefficient (Wildman–Crippen LogP) is 1.67. The highest BCUT2D eigenvalue weighted by Gasteiger charge is 2.32. The summed E-state index contributed by atoms with van der Waals surface area (Å²) in [7, 11) is 0. The van der Waals surface area contributed by atoms with Crippen molar-refractivity contribution in [2.75, 3.05) is 6.54 Å². The topological polar surface area (TPSA) is 81.5 Å². The molecule has 1 rings (SSSR count). The molecule has 0 unspecified atom stereocenters. The first-order valence-electron chi connectivity index (χ1n) is 4.38. The van der Waals surface area contributed by atoms with Crippen LogP contribution in [0.1, 0.15) is 11.6 Å². The van der Waals surface area contributed by atoms with E-state index in [-0.39, 0.29) is 24.5 Å². The van der Waals surface area contributed by atoms with Crippen molar-refractivity contribution in [3.05, 3.63) is 23.8 Å². The molecule has 4 nitrogen and oxygen atoms in total. The molecule has 1 atom stereocenters. The molecule has 0 aliphatic carbocycles. The molecule has 0 radical (unpaired) electrons. The quantitative estimate of drug-likeness (QED) is 0.782. The molecule has 1 aromatic rings. The number of hydrogen-bond acceptors (Lipinski definition) is 4. The molecule has 0 spiro atoms. The third-order valence-electron chi connectivity index (χ3n) is 1.91. The summed E-state index contributed by atoms with van der Waals surface area (Å²) in [5, 5.41) is 9.49. The first-order valence-corrected chi connectivity index (χ1v) is 4.38. The van der Waals surface area contributed by atoms with Crippen LogP contribution >= 0.6 is 12.4 Å². The molecule has 0 saturated heterocycles. The minimum atomic E-state index is -4.86. The summed E-state index contributed by atoms with van der Waals surface area (Å²) >= 11 is 0. The number of hydrogen-bond donors (Lipinski definition) is 3. The lowest BCUT2D eigenvalue weighted by Gasteiger charge is -2.15. The van der Waals surface area contributed by atoms with E-state index in [1.807, 2.05) is 0 Å². The maximum Gasteiger partial charge on any atom is 0.573 e. The second kappa shape index (κ2) is 5.95. The predicted molar refractivity (Wildman–Crippen MR) is 58.0 cm³/mol. The Bertz CT molecular complexity index is 374. The van der Waals surface area contributed by atoms with Crippen molar-refractivity contribution in [3.63, 3.8) is 0 Å². The Hall–Kier alpha value is -1.18. The van der Waals surface area contributed by atoms with Crippen molar-refractivity contribution in [3.8, 4) is 11.5 Å². The van der Waals surface area contributed by atoms with Gasteiger partial charge in [-0.1, -0.05) is 12.1 Å². The second-order valence-corrected chi connectivity index (χ2v) is 3.08. The van der Waals surface area contributed by atoms with Gasteiger partial charge in [-0.15, -0.1) is 25.6 Å². The van der Waals surface area contributed by atoms with Gasteiger partial charge in [0.15, 0.2) is 11.5 Å². The number of rotatable bonds is 3. The molecule has 17 heavy (non-hydrogen) atoms. The standard InChI is InChI=1S/C9H11F3N2O2.ClH/c10-9(11,12)16-7-3-1-2-5(8(7)15)6(14)4-13;/h1-3,6,15H,4,13-14H2;1H/t6-;/m1./s1. The fraction of sp³-hybridized carbons (Fsp3) is 0.333. The fourth-order valence-electron chi connectivity index (χ4n) is 1.17. The molecule has 0 aliphatic rings. The third kappa shape index (κ3) is 4.29. The lowest BCUT2D eigenvalue weighted by atomic mass is 10.1. The molecule has 8 heteroatoms. The molecule has 0 fully saturated rings. The normalized spacial score (nSPS) is 12.8. The Morgan fingerprint density at radius 1 is 1.35 bits per heavy atom. The zero-order valence-corrected chi connectivity index (χ0v) is 9.39. The first kappa shape index (κ1) is 15.8. The Labute approximate surface area is 102 Å². The third-order valence-corrected chi connectivity index (χ3v) is 1.91. The van der Waals surface area contributed by atoms with E-state index in [2.05, 4.69) is 4.74 Å². The van der Waals surface area contributed by atoms with Gasteiger partial charge in [-0.3, -0.25) is 0 Å². The smallest absolute Gasteiger partial charge is 0.504 e. The maximum atomic E-state index is 11.9. The zero-order chi connectivity index (χ0) is 12.3. The molecule has 98 valence electrons. The number of benzene rings is 1. The number of alkyl halides is 3. The van der Waals surface area contributed by atoms with E-state index in [0.29, 0.717) is 0 Å². The summed E-state index contributed by atoms with van der Waals surface area (Å²) in [6.07, 6.45) is -4.86. The van der Waals surface area contributed by atoms with Gasteiger partial charge < -0.3 is 21.3 Å². The van der Waals surface area contributed by atoms with Gasteiger partial charge in [-0.05, 0) is 6.07 Å². The van der Waals surface area contributed by atoms with Crippen LogP contribution in [0.3, 0.4) is 0 Å². The Balaban J connectivity index is 0.00000256. The number of ether oxygens (including phenoxy) is 1. The van der Waals surface area contributed by atoms with Crippen LogP contribution in [0.5, 0.6) is 11.5 Å². The van der Waals surface area contributed by atoms with E-state index in [1.54, 1.807) is 0 Å². The number of aromatic hydroxyl groups is 1. The van der Waals surface area contributed by atoms with E-state index in [4.69, 9.17) is 11.5 Å². The fourth-order valence-corrected chi connectivity index (χ4v) is 1.17. The number of halogens is 4. The van der Waals surface area contributed by atoms with Gasteiger partial charge in [-0.25, -0.2) is 0 Å². The van der Waals surface area contributed by atoms with Crippen LogP contribution in [0.15, 0.2) is 18.2 Å². The molecule has 0 amide bonds. The lowest BCUT2D eigenvalue weighted by molar-refractivity contribution is -0.275. The Morgan fingerprint density at radius 2 is 1.94 bits per heavy atom.